The molecule has 0 aliphatic rings. The van der Waals surface area contributed by atoms with Crippen molar-refractivity contribution < 1.29 is 27.2 Å². The molecular formula is C20H12Cl3F3N4O3. The monoisotopic (exact) mass is 518 g/mol. The summed E-state index contributed by atoms with van der Waals surface area (Å²) >= 11 is 18.6. The van der Waals surface area contributed by atoms with Crippen molar-refractivity contribution in [2.24, 2.45) is 0 Å². The Balaban J connectivity index is 1.65. The van der Waals surface area contributed by atoms with Gasteiger partial charge in [-0.25, -0.2) is 4.98 Å². The van der Waals surface area contributed by atoms with E-state index in [1.807, 2.05) is 0 Å². The Labute approximate surface area is 199 Å². The maximum absolute atomic E-state index is 13.0. The Morgan fingerprint density at radius 3 is 2.55 bits per heavy atom. The molecule has 4 aromatic rings. The van der Waals surface area contributed by atoms with Gasteiger partial charge in [-0.1, -0.05) is 40.0 Å². The molecular weight excluding hydrogens is 508 g/mol. The summed E-state index contributed by atoms with van der Waals surface area (Å²) in [6.45, 7) is 0. The summed E-state index contributed by atoms with van der Waals surface area (Å²) in [5, 5.41) is 4.23. The maximum Gasteiger partial charge on any atom is 0.417 e. The molecule has 172 valence electrons. The molecule has 0 saturated carbocycles. The molecule has 0 fully saturated rings. The van der Waals surface area contributed by atoms with Gasteiger partial charge < -0.3 is 13.7 Å². The highest BCUT2D eigenvalue weighted by Gasteiger charge is 2.32. The van der Waals surface area contributed by atoms with Gasteiger partial charge in [-0.05, 0) is 30.2 Å². The van der Waals surface area contributed by atoms with E-state index in [1.165, 1.54) is 19.4 Å². The van der Waals surface area contributed by atoms with Crippen LogP contribution in [0, 0.1) is 0 Å². The Morgan fingerprint density at radius 2 is 1.85 bits per heavy atom. The van der Waals surface area contributed by atoms with E-state index < -0.39 is 11.7 Å². The fourth-order valence-electron chi connectivity index (χ4n) is 3.04. The largest absolute Gasteiger partial charge is 0.469 e. The molecule has 0 aliphatic carbocycles. The van der Waals surface area contributed by atoms with Gasteiger partial charge in [-0.15, -0.1) is 0 Å². The molecule has 4 rings (SSSR count). The van der Waals surface area contributed by atoms with Crippen molar-refractivity contribution in [3.8, 4) is 23.0 Å². The van der Waals surface area contributed by atoms with Crippen LogP contribution in [-0.2, 0) is 22.1 Å². The molecule has 0 radical (unpaired) electrons. The zero-order chi connectivity index (χ0) is 23.9. The highest BCUT2D eigenvalue weighted by Crippen LogP contribution is 2.35. The van der Waals surface area contributed by atoms with Crippen molar-refractivity contribution in [2.45, 2.75) is 19.0 Å². The van der Waals surface area contributed by atoms with Gasteiger partial charge in [0.2, 0.25) is 5.82 Å². The van der Waals surface area contributed by atoms with Gasteiger partial charge in [0.25, 0.3) is 5.89 Å². The standard InChI is InChI=1S/C20H12Cl3F3N4O3/c1-32-16(31)3-2-9-4-13(22)11(6-12(9)21)19-28-17(29-33-19)15-8-30-7-10(20(24,25)26)5-14(23)18(30)27-15/h4-8H,2-3H2,1H3. The van der Waals surface area contributed by atoms with Crippen molar-refractivity contribution in [2.75, 3.05) is 7.11 Å². The van der Waals surface area contributed by atoms with Crippen molar-refractivity contribution >= 4 is 46.4 Å². The lowest BCUT2D eigenvalue weighted by Gasteiger charge is -2.07. The number of esters is 1. The average Bonchev–Trinajstić information content (AvgIpc) is 3.40. The first-order valence-electron chi connectivity index (χ1n) is 9.21. The number of carbonyl (C=O) groups excluding carboxylic acids is 1. The first-order chi connectivity index (χ1) is 15.6. The number of aromatic nitrogens is 4. The second kappa shape index (κ2) is 8.85. The zero-order valence-electron chi connectivity index (χ0n) is 16.6. The molecule has 13 heteroatoms. The summed E-state index contributed by atoms with van der Waals surface area (Å²) in [6.07, 6.45) is -1.95. The summed E-state index contributed by atoms with van der Waals surface area (Å²) in [6, 6.07) is 3.89. The molecule has 0 N–H and O–H groups in total. The van der Waals surface area contributed by atoms with Crippen LogP contribution >= 0.6 is 34.8 Å². The number of rotatable bonds is 5. The minimum absolute atomic E-state index is 0.0142. The molecule has 0 bridgehead atoms. The van der Waals surface area contributed by atoms with Crippen LogP contribution < -0.4 is 0 Å². The third-order valence-electron chi connectivity index (χ3n) is 4.68. The van der Waals surface area contributed by atoms with Crippen molar-refractivity contribution in [3.05, 3.63) is 56.8 Å². The van der Waals surface area contributed by atoms with Crippen molar-refractivity contribution in [3.63, 3.8) is 0 Å². The summed E-state index contributed by atoms with van der Waals surface area (Å²) in [7, 11) is 1.29. The molecule has 3 aromatic heterocycles. The van der Waals surface area contributed by atoms with E-state index in [0.717, 1.165) is 16.7 Å². The van der Waals surface area contributed by atoms with Gasteiger partial charge >= 0.3 is 12.1 Å². The molecule has 1 aromatic carbocycles. The fourth-order valence-corrected chi connectivity index (χ4v) is 3.82. The smallest absolute Gasteiger partial charge is 0.417 e. The number of methoxy groups -OCH3 is 1. The van der Waals surface area contributed by atoms with E-state index >= 15 is 0 Å². The maximum atomic E-state index is 13.0. The van der Waals surface area contributed by atoms with Gasteiger partial charge in [-0.2, -0.15) is 18.2 Å². The van der Waals surface area contributed by atoms with Crippen LogP contribution in [-0.4, -0.2) is 32.6 Å². The van der Waals surface area contributed by atoms with E-state index in [0.29, 0.717) is 22.6 Å². The normalized spacial score (nSPS) is 11.8. The highest BCUT2D eigenvalue weighted by molar-refractivity contribution is 6.35. The van der Waals surface area contributed by atoms with Gasteiger partial charge in [-0.3, -0.25) is 4.79 Å². The van der Waals surface area contributed by atoms with Gasteiger partial charge in [0.1, 0.15) is 5.69 Å². The highest BCUT2D eigenvalue weighted by atomic mass is 35.5. The zero-order valence-corrected chi connectivity index (χ0v) is 18.9. The Hall–Kier alpha value is -2.82. The number of nitrogens with zero attached hydrogens (tertiary/aromatic N) is 4. The van der Waals surface area contributed by atoms with Crippen LogP contribution in [0.25, 0.3) is 28.6 Å². The molecule has 7 nitrogen and oxygen atoms in total. The number of alkyl halides is 3. The third kappa shape index (κ3) is 4.78. The van der Waals surface area contributed by atoms with Crippen LogP contribution in [0.15, 0.2) is 35.1 Å². The minimum atomic E-state index is -4.57. The first-order valence-corrected chi connectivity index (χ1v) is 10.3. The number of benzene rings is 1. The molecule has 0 unspecified atom stereocenters. The molecule has 3 heterocycles. The van der Waals surface area contributed by atoms with Crippen molar-refractivity contribution in [1.82, 2.24) is 19.5 Å². The fraction of sp³-hybridized carbons (Fsp3) is 0.200. The van der Waals surface area contributed by atoms with E-state index in [4.69, 9.17) is 39.3 Å². The lowest BCUT2D eigenvalue weighted by molar-refractivity contribution is -0.140. The summed E-state index contributed by atoms with van der Waals surface area (Å²) in [5.74, 6) is -0.349. The van der Waals surface area contributed by atoms with Gasteiger partial charge in [0.15, 0.2) is 5.65 Å². The number of carbonyl (C=O) groups is 1. The second-order valence-electron chi connectivity index (χ2n) is 6.85. The quantitative estimate of drug-likeness (QED) is 0.295. The summed E-state index contributed by atoms with van der Waals surface area (Å²) < 4.78 is 50.1. The second-order valence-corrected chi connectivity index (χ2v) is 8.08. The molecule has 33 heavy (non-hydrogen) atoms. The number of pyridine rings is 1. The van der Waals surface area contributed by atoms with E-state index in [-0.39, 0.29) is 45.5 Å². The van der Waals surface area contributed by atoms with E-state index in [2.05, 4.69) is 19.9 Å². The Bertz CT molecular complexity index is 1370. The number of ether oxygens (including phenoxy) is 1. The SMILES string of the molecule is COC(=O)CCc1cc(Cl)c(-c2nc(-c3cn4cc(C(F)(F)F)cc(Cl)c4n3)no2)cc1Cl. The van der Waals surface area contributed by atoms with Gasteiger partial charge in [0.05, 0.1) is 28.3 Å². The summed E-state index contributed by atoms with van der Waals surface area (Å²) in [5.41, 5.74) is 0.283. The molecule has 0 amide bonds. The minimum Gasteiger partial charge on any atom is -0.469 e. The molecule has 0 atom stereocenters. The lowest BCUT2D eigenvalue weighted by Crippen LogP contribution is -2.06. The number of hydrogen-bond acceptors (Lipinski definition) is 6. The predicted octanol–water partition coefficient (Wildman–Crippen LogP) is 6.14. The number of fused-ring (bicyclic) bond motifs is 1. The number of imidazole rings is 1. The first kappa shape index (κ1) is 23.3. The van der Waals surface area contributed by atoms with E-state index in [9.17, 15) is 18.0 Å². The summed E-state index contributed by atoms with van der Waals surface area (Å²) in [4.78, 5) is 19.8. The van der Waals surface area contributed by atoms with Crippen LogP contribution in [0.2, 0.25) is 15.1 Å². The molecule has 0 aliphatic heterocycles. The van der Waals surface area contributed by atoms with Gasteiger partial charge in [0, 0.05) is 23.8 Å². The number of halogens is 6. The topological polar surface area (TPSA) is 82.5 Å². The van der Waals surface area contributed by atoms with E-state index in [1.54, 1.807) is 6.07 Å². The van der Waals surface area contributed by atoms with Crippen molar-refractivity contribution in [1.29, 1.82) is 0 Å². The Kier molecular flexibility index (Phi) is 6.26. The average molecular weight is 520 g/mol. The lowest BCUT2D eigenvalue weighted by atomic mass is 10.1. The number of hydrogen-bond donors (Lipinski definition) is 0. The van der Waals surface area contributed by atoms with Crippen LogP contribution in [0.1, 0.15) is 17.5 Å². The number of aryl methyl sites for hydroxylation is 1. The van der Waals surface area contributed by atoms with Crippen LogP contribution in [0.5, 0.6) is 0 Å². The third-order valence-corrected chi connectivity index (χ3v) is 5.62. The molecule has 0 spiro atoms. The van der Waals surface area contributed by atoms with Crippen LogP contribution in [0.4, 0.5) is 13.2 Å². The predicted molar refractivity (Wildman–Crippen MR) is 114 cm³/mol. The van der Waals surface area contributed by atoms with Crippen LogP contribution in [0.3, 0.4) is 0 Å². The Morgan fingerprint density at radius 1 is 1.09 bits per heavy atom. The molecule has 0 saturated heterocycles.